The Morgan fingerprint density at radius 1 is 1.06 bits per heavy atom. The number of carbonyl (C=O) groups is 2. The van der Waals surface area contributed by atoms with Gasteiger partial charge in [-0.3, -0.25) is 19.6 Å². The quantitative estimate of drug-likeness (QED) is 0.359. The van der Waals surface area contributed by atoms with E-state index in [-0.39, 0.29) is 0 Å². The number of hydrogen-bond acceptors (Lipinski definition) is 6. The Morgan fingerprint density at radius 3 is 2.58 bits per heavy atom. The van der Waals surface area contributed by atoms with Crippen molar-refractivity contribution in [3.05, 3.63) is 69.0 Å². The predicted octanol–water partition coefficient (Wildman–Crippen LogP) is 1.57. The lowest BCUT2D eigenvalue weighted by molar-refractivity contribution is -0.119. The predicted molar refractivity (Wildman–Crippen MR) is 116 cm³/mol. The first kappa shape index (κ1) is 20.0. The Hall–Kier alpha value is -4.34. The van der Waals surface area contributed by atoms with Crippen molar-refractivity contribution in [1.82, 2.24) is 14.5 Å². The molecule has 31 heavy (non-hydrogen) atoms. The molecule has 0 saturated heterocycles. The fourth-order valence-electron chi connectivity index (χ4n) is 3.53. The number of rotatable bonds is 5. The van der Waals surface area contributed by atoms with E-state index in [1.807, 2.05) is 41.4 Å². The van der Waals surface area contributed by atoms with Crippen molar-refractivity contribution in [2.24, 2.45) is 0 Å². The number of H-pyrrole nitrogens is 2. The van der Waals surface area contributed by atoms with E-state index in [0.29, 0.717) is 5.69 Å². The van der Waals surface area contributed by atoms with E-state index >= 15 is 0 Å². The van der Waals surface area contributed by atoms with Gasteiger partial charge in [0.25, 0.3) is 11.5 Å². The first-order valence-electron chi connectivity index (χ1n) is 9.49. The number of nitrogens with zero attached hydrogens (tertiary/aromatic N) is 1. The van der Waals surface area contributed by atoms with Gasteiger partial charge in [-0.1, -0.05) is 18.2 Å². The number of hydrogen-bond donors (Lipinski definition) is 4. The van der Waals surface area contributed by atoms with E-state index in [1.165, 1.54) is 0 Å². The van der Waals surface area contributed by atoms with Crippen LogP contribution in [0.4, 0.5) is 11.4 Å². The number of nitrogens with two attached hydrogens (primary N) is 1. The molecule has 5 N–H and O–H groups in total. The molecule has 0 aliphatic carbocycles. The first-order chi connectivity index (χ1) is 14.9. The standard InChI is InChI=1S/C21H19N5O5/c1-2-26-14-6-4-3-5-12(14)13-9-11(7-8-15(13)26)23-16(27)10-31-20(29)18-17(22)19(28)25-21(30)24-18/h3-9H,2,10,22H2,1H3,(H,23,27)(H2,24,25,28,30). The van der Waals surface area contributed by atoms with Crippen LogP contribution >= 0.6 is 0 Å². The number of nitrogens with one attached hydrogen (secondary N) is 3. The van der Waals surface area contributed by atoms with Crippen LogP contribution in [0.25, 0.3) is 21.8 Å². The molecule has 0 aliphatic heterocycles. The van der Waals surface area contributed by atoms with Gasteiger partial charge in [-0.15, -0.1) is 0 Å². The Morgan fingerprint density at radius 2 is 1.81 bits per heavy atom. The number of aryl methyl sites for hydroxylation is 1. The minimum atomic E-state index is -1.09. The van der Waals surface area contributed by atoms with Crippen LogP contribution in [0.5, 0.6) is 0 Å². The molecule has 4 aromatic rings. The monoisotopic (exact) mass is 421 g/mol. The molecule has 1 amide bonds. The normalized spacial score (nSPS) is 11.0. The molecule has 0 radical (unpaired) electrons. The maximum absolute atomic E-state index is 12.3. The summed E-state index contributed by atoms with van der Waals surface area (Å²) in [5.41, 5.74) is 5.33. The Labute approximate surface area is 174 Å². The molecule has 2 aromatic carbocycles. The van der Waals surface area contributed by atoms with Gasteiger partial charge in [-0.05, 0) is 31.2 Å². The number of fused-ring (bicyclic) bond motifs is 3. The molecule has 0 spiro atoms. The highest BCUT2D eigenvalue weighted by atomic mass is 16.5. The second-order valence-electron chi connectivity index (χ2n) is 6.81. The number of nitrogen functional groups attached to an aromatic ring is 1. The molecule has 0 unspecified atom stereocenters. The van der Waals surface area contributed by atoms with Crippen LogP contribution in [0.1, 0.15) is 17.4 Å². The van der Waals surface area contributed by atoms with Crippen LogP contribution in [0.2, 0.25) is 0 Å². The number of ether oxygens (including phenoxy) is 1. The second kappa shape index (κ2) is 7.82. The van der Waals surface area contributed by atoms with Crippen molar-refractivity contribution in [3.8, 4) is 0 Å². The lowest BCUT2D eigenvalue weighted by Crippen LogP contribution is -2.30. The molecule has 0 aliphatic rings. The Balaban J connectivity index is 1.51. The summed E-state index contributed by atoms with van der Waals surface area (Å²) in [6.45, 7) is 2.25. The molecule has 158 valence electrons. The SMILES string of the molecule is CCn1c2ccccc2c2cc(NC(=O)COC(=O)c3[nH]c(=O)[nH]c(=O)c3N)ccc21. The summed E-state index contributed by atoms with van der Waals surface area (Å²) in [4.78, 5) is 51.1. The maximum atomic E-state index is 12.3. The summed E-state index contributed by atoms with van der Waals surface area (Å²) in [5, 5.41) is 4.73. The third kappa shape index (κ3) is 3.66. The zero-order chi connectivity index (χ0) is 22.1. The van der Waals surface area contributed by atoms with E-state index in [2.05, 4.69) is 21.8 Å². The van der Waals surface area contributed by atoms with Crippen LogP contribution in [-0.2, 0) is 16.1 Å². The van der Waals surface area contributed by atoms with Crippen molar-refractivity contribution in [3.63, 3.8) is 0 Å². The summed E-state index contributed by atoms with van der Waals surface area (Å²) < 4.78 is 7.06. The number of benzene rings is 2. The average molecular weight is 421 g/mol. The van der Waals surface area contributed by atoms with Gasteiger partial charge < -0.3 is 20.4 Å². The van der Waals surface area contributed by atoms with Gasteiger partial charge in [0.1, 0.15) is 5.69 Å². The van der Waals surface area contributed by atoms with Crippen molar-refractivity contribution < 1.29 is 14.3 Å². The number of amides is 1. The molecule has 2 heterocycles. The van der Waals surface area contributed by atoms with Gasteiger partial charge in [-0.2, -0.15) is 0 Å². The number of anilines is 2. The summed E-state index contributed by atoms with van der Waals surface area (Å²) in [6.07, 6.45) is 0. The maximum Gasteiger partial charge on any atom is 0.357 e. The largest absolute Gasteiger partial charge is 0.451 e. The first-order valence-corrected chi connectivity index (χ1v) is 9.49. The van der Waals surface area contributed by atoms with Crippen LogP contribution < -0.4 is 22.3 Å². The van der Waals surface area contributed by atoms with E-state index < -0.39 is 41.1 Å². The number of aromatic amines is 2. The lowest BCUT2D eigenvalue weighted by Gasteiger charge is -2.08. The van der Waals surface area contributed by atoms with Gasteiger partial charge in [0.2, 0.25) is 0 Å². The van der Waals surface area contributed by atoms with Crippen molar-refractivity contribution in [2.45, 2.75) is 13.5 Å². The van der Waals surface area contributed by atoms with E-state index in [0.717, 1.165) is 28.4 Å². The smallest absolute Gasteiger partial charge is 0.357 e. The van der Waals surface area contributed by atoms with Crippen LogP contribution in [0, 0.1) is 0 Å². The summed E-state index contributed by atoms with van der Waals surface area (Å²) in [6, 6.07) is 13.5. The molecule has 2 aromatic heterocycles. The van der Waals surface area contributed by atoms with Gasteiger partial charge in [0, 0.05) is 34.0 Å². The fourth-order valence-corrected chi connectivity index (χ4v) is 3.53. The van der Waals surface area contributed by atoms with Gasteiger partial charge >= 0.3 is 11.7 Å². The van der Waals surface area contributed by atoms with Crippen LogP contribution in [0.15, 0.2) is 52.1 Å². The highest BCUT2D eigenvalue weighted by molar-refractivity contribution is 6.10. The Kier molecular flexibility index (Phi) is 5.04. The fraction of sp³-hybridized carbons (Fsp3) is 0.143. The van der Waals surface area contributed by atoms with Gasteiger partial charge in [-0.25, -0.2) is 9.59 Å². The number of esters is 1. The van der Waals surface area contributed by atoms with Crippen LogP contribution in [-0.4, -0.2) is 33.0 Å². The molecule has 0 bridgehead atoms. The Bertz CT molecular complexity index is 1450. The highest BCUT2D eigenvalue weighted by Crippen LogP contribution is 2.30. The topological polar surface area (TPSA) is 152 Å². The van der Waals surface area contributed by atoms with E-state index in [4.69, 9.17) is 10.5 Å². The number of para-hydroxylation sites is 1. The third-order valence-electron chi connectivity index (χ3n) is 4.89. The zero-order valence-corrected chi connectivity index (χ0v) is 16.5. The van der Waals surface area contributed by atoms with Gasteiger partial charge in [0.15, 0.2) is 12.3 Å². The average Bonchev–Trinajstić information content (AvgIpc) is 3.07. The molecule has 4 rings (SSSR count). The van der Waals surface area contributed by atoms with Crippen molar-refractivity contribution in [2.75, 3.05) is 17.7 Å². The minimum Gasteiger partial charge on any atom is -0.451 e. The van der Waals surface area contributed by atoms with Crippen molar-refractivity contribution in [1.29, 1.82) is 0 Å². The number of aromatic nitrogens is 3. The molecular formula is C21H19N5O5. The lowest BCUT2D eigenvalue weighted by atomic mass is 10.1. The number of carbonyl (C=O) groups excluding carboxylic acids is 2. The van der Waals surface area contributed by atoms with Crippen molar-refractivity contribution >= 4 is 45.1 Å². The summed E-state index contributed by atoms with van der Waals surface area (Å²) in [5.74, 6) is -1.67. The molecule has 10 nitrogen and oxygen atoms in total. The van der Waals surface area contributed by atoms with Gasteiger partial charge in [0.05, 0.1) is 0 Å². The zero-order valence-electron chi connectivity index (χ0n) is 16.5. The summed E-state index contributed by atoms with van der Waals surface area (Å²) >= 11 is 0. The van der Waals surface area contributed by atoms with E-state index in [9.17, 15) is 19.2 Å². The van der Waals surface area contributed by atoms with E-state index in [1.54, 1.807) is 6.07 Å². The molecule has 0 saturated carbocycles. The molecule has 0 fully saturated rings. The second-order valence-corrected chi connectivity index (χ2v) is 6.81. The van der Waals surface area contributed by atoms with Crippen LogP contribution in [0.3, 0.4) is 0 Å². The molecule has 10 heteroatoms. The molecule has 0 atom stereocenters. The third-order valence-corrected chi connectivity index (χ3v) is 4.89. The molecular weight excluding hydrogens is 402 g/mol. The minimum absolute atomic E-state index is 0.497. The summed E-state index contributed by atoms with van der Waals surface area (Å²) in [7, 11) is 0. The highest BCUT2D eigenvalue weighted by Gasteiger charge is 2.17.